The first-order valence-corrected chi connectivity index (χ1v) is 10.6. The molecule has 3 aliphatic rings. The molecule has 0 radical (unpaired) electrons. The van der Waals surface area contributed by atoms with E-state index >= 15 is 0 Å². The first-order chi connectivity index (χ1) is 13.5. The molecule has 152 valence electrons. The maximum atomic E-state index is 14.7. The lowest BCUT2D eigenvalue weighted by Crippen LogP contribution is -2.50. The predicted octanol–water partition coefficient (Wildman–Crippen LogP) is 3.94. The highest BCUT2D eigenvalue weighted by Gasteiger charge is 2.50. The number of nitrogens with zero attached hydrogens (tertiary/aromatic N) is 2. The molecule has 1 spiro atoms. The van der Waals surface area contributed by atoms with E-state index in [0.29, 0.717) is 29.9 Å². The summed E-state index contributed by atoms with van der Waals surface area (Å²) in [5.74, 6) is -0.277. The summed E-state index contributed by atoms with van der Waals surface area (Å²) in [6, 6.07) is 5.22. The number of piperidine rings is 1. The van der Waals surface area contributed by atoms with Crippen molar-refractivity contribution in [1.82, 2.24) is 4.90 Å². The SMILES string of the molecule is CC(=O)Nc1ccc(N2CCCC3(CCN(C4CCCCC4)C3=O)C2)c(F)c1. The summed E-state index contributed by atoms with van der Waals surface area (Å²) >= 11 is 0. The molecule has 3 fully saturated rings. The Kier molecular flexibility index (Phi) is 5.30. The second-order valence-electron chi connectivity index (χ2n) is 8.69. The van der Waals surface area contributed by atoms with Crippen molar-refractivity contribution in [3.63, 3.8) is 0 Å². The van der Waals surface area contributed by atoms with Crippen molar-refractivity contribution >= 4 is 23.2 Å². The molecule has 1 aromatic carbocycles. The Hall–Kier alpha value is -2.11. The molecular weight excluding hydrogens is 357 g/mol. The van der Waals surface area contributed by atoms with Gasteiger partial charge in [-0.1, -0.05) is 19.3 Å². The lowest BCUT2D eigenvalue weighted by Gasteiger charge is -2.41. The van der Waals surface area contributed by atoms with Crippen molar-refractivity contribution < 1.29 is 14.0 Å². The van der Waals surface area contributed by atoms with Crippen LogP contribution in [-0.2, 0) is 9.59 Å². The Balaban J connectivity index is 1.50. The van der Waals surface area contributed by atoms with Crippen molar-refractivity contribution in [2.24, 2.45) is 5.41 Å². The van der Waals surface area contributed by atoms with Crippen molar-refractivity contribution in [3.05, 3.63) is 24.0 Å². The minimum Gasteiger partial charge on any atom is -0.368 e. The minimum atomic E-state index is -0.363. The Morgan fingerprint density at radius 3 is 2.64 bits per heavy atom. The van der Waals surface area contributed by atoms with Gasteiger partial charge in [0.05, 0.1) is 11.1 Å². The second kappa shape index (κ2) is 7.72. The van der Waals surface area contributed by atoms with Crippen molar-refractivity contribution in [2.75, 3.05) is 29.9 Å². The lowest BCUT2D eigenvalue weighted by molar-refractivity contribution is -0.139. The van der Waals surface area contributed by atoms with Crippen LogP contribution in [0.15, 0.2) is 18.2 Å². The number of hydrogen-bond donors (Lipinski definition) is 1. The minimum absolute atomic E-state index is 0.219. The molecule has 2 amide bonds. The number of rotatable bonds is 3. The van der Waals surface area contributed by atoms with Crippen LogP contribution in [0.2, 0.25) is 0 Å². The Morgan fingerprint density at radius 1 is 1.14 bits per heavy atom. The van der Waals surface area contributed by atoms with E-state index < -0.39 is 0 Å². The highest BCUT2D eigenvalue weighted by atomic mass is 19.1. The number of likely N-dealkylation sites (tertiary alicyclic amines) is 1. The van der Waals surface area contributed by atoms with E-state index in [1.54, 1.807) is 12.1 Å². The number of amides is 2. The molecule has 2 saturated heterocycles. The van der Waals surface area contributed by atoms with Crippen molar-refractivity contribution in [1.29, 1.82) is 0 Å². The summed E-state index contributed by atoms with van der Waals surface area (Å²) < 4.78 is 14.7. The number of benzene rings is 1. The molecule has 2 aliphatic heterocycles. The van der Waals surface area contributed by atoms with Gasteiger partial charge < -0.3 is 15.1 Å². The summed E-state index contributed by atoms with van der Waals surface area (Å²) in [6.45, 7) is 3.60. The molecule has 28 heavy (non-hydrogen) atoms. The van der Waals surface area contributed by atoms with Gasteiger partial charge in [0.15, 0.2) is 0 Å². The number of carbonyl (C=O) groups is 2. The molecule has 0 aromatic heterocycles. The van der Waals surface area contributed by atoms with Crippen LogP contribution in [0.1, 0.15) is 58.3 Å². The quantitative estimate of drug-likeness (QED) is 0.855. The number of carbonyl (C=O) groups excluding carboxylic acids is 2. The molecule has 6 heteroatoms. The largest absolute Gasteiger partial charge is 0.368 e. The Labute approximate surface area is 166 Å². The molecular formula is C22H30FN3O2. The van der Waals surface area contributed by atoms with E-state index in [-0.39, 0.29) is 17.1 Å². The summed E-state index contributed by atoms with van der Waals surface area (Å²) in [6.07, 6.45) is 8.67. The average Bonchev–Trinajstić information content (AvgIpc) is 2.98. The normalized spacial score (nSPS) is 26.1. The summed E-state index contributed by atoms with van der Waals surface area (Å²) in [5, 5.41) is 2.62. The number of hydrogen-bond acceptors (Lipinski definition) is 3. The fraction of sp³-hybridized carbons (Fsp3) is 0.636. The van der Waals surface area contributed by atoms with Crippen LogP contribution in [0, 0.1) is 11.2 Å². The molecule has 1 N–H and O–H groups in total. The molecule has 1 aromatic rings. The van der Waals surface area contributed by atoms with E-state index in [9.17, 15) is 14.0 Å². The Bertz CT molecular complexity index is 762. The highest BCUT2D eigenvalue weighted by molar-refractivity contribution is 5.89. The number of anilines is 2. The van der Waals surface area contributed by atoms with Crippen LogP contribution in [0.3, 0.4) is 0 Å². The highest BCUT2D eigenvalue weighted by Crippen LogP contribution is 2.43. The van der Waals surface area contributed by atoms with Crippen LogP contribution in [-0.4, -0.2) is 42.4 Å². The zero-order valence-electron chi connectivity index (χ0n) is 16.7. The van der Waals surface area contributed by atoms with Gasteiger partial charge in [-0.25, -0.2) is 4.39 Å². The van der Waals surface area contributed by atoms with E-state index in [2.05, 4.69) is 10.2 Å². The fourth-order valence-corrected chi connectivity index (χ4v) is 5.35. The van der Waals surface area contributed by atoms with E-state index in [1.165, 1.54) is 32.3 Å². The third-order valence-electron chi connectivity index (χ3n) is 6.75. The molecule has 5 nitrogen and oxygen atoms in total. The molecule has 1 aliphatic carbocycles. The van der Waals surface area contributed by atoms with Gasteiger partial charge in [-0.3, -0.25) is 9.59 Å². The third kappa shape index (κ3) is 3.61. The van der Waals surface area contributed by atoms with Gasteiger partial charge in [0, 0.05) is 38.3 Å². The van der Waals surface area contributed by atoms with E-state index in [0.717, 1.165) is 45.2 Å². The third-order valence-corrected chi connectivity index (χ3v) is 6.75. The molecule has 4 rings (SSSR count). The summed E-state index contributed by atoms with van der Waals surface area (Å²) in [5.41, 5.74) is 0.622. The molecule has 1 saturated carbocycles. The number of halogens is 1. The molecule has 0 bridgehead atoms. The molecule has 1 unspecified atom stereocenters. The van der Waals surface area contributed by atoms with Gasteiger partial charge in [0.2, 0.25) is 11.8 Å². The van der Waals surface area contributed by atoms with Crippen molar-refractivity contribution in [2.45, 2.75) is 64.3 Å². The van der Waals surface area contributed by atoms with E-state index in [1.807, 2.05) is 4.90 Å². The zero-order chi connectivity index (χ0) is 19.7. The topological polar surface area (TPSA) is 52.7 Å². The maximum Gasteiger partial charge on any atom is 0.230 e. The van der Waals surface area contributed by atoms with Crippen molar-refractivity contribution in [3.8, 4) is 0 Å². The fourth-order valence-electron chi connectivity index (χ4n) is 5.35. The van der Waals surface area contributed by atoms with E-state index in [4.69, 9.17) is 0 Å². The average molecular weight is 387 g/mol. The molecule has 2 heterocycles. The predicted molar refractivity (Wildman–Crippen MR) is 108 cm³/mol. The Morgan fingerprint density at radius 2 is 1.93 bits per heavy atom. The van der Waals surface area contributed by atoms with Gasteiger partial charge in [-0.2, -0.15) is 0 Å². The van der Waals surface area contributed by atoms with Gasteiger partial charge in [-0.15, -0.1) is 0 Å². The summed E-state index contributed by atoms with van der Waals surface area (Å²) in [4.78, 5) is 28.7. The van der Waals surface area contributed by atoms with Crippen LogP contribution < -0.4 is 10.2 Å². The lowest BCUT2D eigenvalue weighted by atomic mass is 9.78. The standard InChI is InChI=1S/C22H30FN3O2/c1-16(27)24-17-8-9-20(19(23)14-17)25-12-5-10-22(15-25)11-13-26(21(22)28)18-6-3-2-4-7-18/h8-9,14,18H,2-7,10-13,15H2,1H3,(H,24,27). The number of nitrogens with one attached hydrogen (secondary N) is 1. The monoisotopic (exact) mass is 387 g/mol. The zero-order valence-corrected chi connectivity index (χ0v) is 16.7. The maximum absolute atomic E-state index is 14.7. The molecule has 1 atom stereocenters. The van der Waals surface area contributed by atoms with Gasteiger partial charge in [0.1, 0.15) is 5.82 Å². The summed E-state index contributed by atoms with van der Waals surface area (Å²) in [7, 11) is 0. The first-order valence-electron chi connectivity index (χ1n) is 10.6. The van der Waals surface area contributed by atoms with Gasteiger partial charge in [-0.05, 0) is 50.3 Å². The van der Waals surface area contributed by atoms with Crippen LogP contribution >= 0.6 is 0 Å². The van der Waals surface area contributed by atoms with Gasteiger partial charge in [0.25, 0.3) is 0 Å². The smallest absolute Gasteiger partial charge is 0.230 e. The second-order valence-corrected chi connectivity index (χ2v) is 8.69. The first kappa shape index (κ1) is 19.2. The van der Waals surface area contributed by atoms with Gasteiger partial charge >= 0.3 is 0 Å². The van der Waals surface area contributed by atoms with Crippen LogP contribution in [0.5, 0.6) is 0 Å². The van der Waals surface area contributed by atoms with Crippen LogP contribution in [0.25, 0.3) is 0 Å². The van der Waals surface area contributed by atoms with Crippen LogP contribution in [0.4, 0.5) is 15.8 Å².